The first-order chi connectivity index (χ1) is 18.9. The maximum atomic E-state index is 13.0. The Labute approximate surface area is 228 Å². The number of carbonyl (C=O) groups is 3. The highest BCUT2D eigenvalue weighted by molar-refractivity contribution is 5.93. The second-order valence-electron chi connectivity index (χ2n) is 10.4. The molecule has 2 saturated heterocycles. The summed E-state index contributed by atoms with van der Waals surface area (Å²) in [6.45, 7) is 9.79. The van der Waals surface area contributed by atoms with Crippen LogP contribution in [0.5, 0.6) is 0 Å². The Bertz CT molecular complexity index is 1210. The maximum Gasteiger partial charge on any atom is 0.274 e. The van der Waals surface area contributed by atoms with Crippen molar-refractivity contribution in [3.8, 4) is 0 Å². The van der Waals surface area contributed by atoms with E-state index in [2.05, 4.69) is 32.6 Å². The quantitative estimate of drug-likeness (QED) is 0.408. The molecule has 4 heterocycles. The Morgan fingerprint density at radius 2 is 1.87 bits per heavy atom. The van der Waals surface area contributed by atoms with Gasteiger partial charge in [-0.25, -0.2) is 4.98 Å². The van der Waals surface area contributed by atoms with E-state index in [-0.39, 0.29) is 36.1 Å². The minimum Gasteiger partial charge on any atom is -0.365 e. The van der Waals surface area contributed by atoms with Crippen LogP contribution in [0.3, 0.4) is 0 Å². The standard InChI is InChI=1S/C28H36N8O3/c1-3-20-14-30-36(18-26(37)34-9-11-35(12-10-34)28(39)21-7-8-21)17-22(20)13-19(2)31-27(38)24-5-4-6-25(33-24)32-23-15-29-16-23/h3-6,13-14,17,20-21,23,29H,1,7-12,15-16,18H2,2H3,(H,31,38)(H,32,33)/b19-13+. The average Bonchev–Trinajstić information content (AvgIpc) is 3.76. The minimum atomic E-state index is -0.300. The summed E-state index contributed by atoms with van der Waals surface area (Å²) in [7, 11) is 0. The van der Waals surface area contributed by atoms with Gasteiger partial charge in [0, 0.05) is 69.2 Å². The molecular formula is C28H36N8O3. The van der Waals surface area contributed by atoms with Crippen LogP contribution in [0.25, 0.3) is 0 Å². The lowest BCUT2D eigenvalue weighted by Gasteiger charge is -2.35. The number of nitrogens with zero attached hydrogens (tertiary/aromatic N) is 5. The van der Waals surface area contributed by atoms with Gasteiger partial charge in [-0.2, -0.15) is 5.10 Å². The highest BCUT2D eigenvalue weighted by atomic mass is 16.2. The number of amides is 3. The Balaban J connectivity index is 1.17. The van der Waals surface area contributed by atoms with E-state index in [1.165, 1.54) is 0 Å². The van der Waals surface area contributed by atoms with Crippen molar-refractivity contribution in [1.82, 2.24) is 30.4 Å². The number of pyridine rings is 1. The first kappa shape index (κ1) is 26.6. The lowest BCUT2D eigenvalue weighted by Crippen LogP contribution is -2.52. The fourth-order valence-electron chi connectivity index (χ4n) is 4.73. The molecule has 3 fully saturated rings. The van der Waals surface area contributed by atoms with E-state index < -0.39 is 0 Å². The average molecular weight is 533 g/mol. The highest BCUT2D eigenvalue weighted by Gasteiger charge is 2.35. The number of hydrazone groups is 1. The normalized spacial score (nSPS) is 21.7. The smallest absolute Gasteiger partial charge is 0.274 e. The van der Waals surface area contributed by atoms with Crippen LogP contribution in [0, 0.1) is 11.8 Å². The molecule has 3 aliphatic heterocycles. The minimum absolute atomic E-state index is 0.0374. The summed E-state index contributed by atoms with van der Waals surface area (Å²) >= 11 is 0. The maximum absolute atomic E-state index is 13.0. The number of allylic oxidation sites excluding steroid dienone is 4. The van der Waals surface area contributed by atoms with Gasteiger partial charge < -0.3 is 25.8 Å². The molecule has 0 bridgehead atoms. The van der Waals surface area contributed by atoms with Crippen LogP contribution in [-0.4, -0.2) is 95.6 Å². The van der Waals surface area contributed by atoms with Crippen molar-refractivity contribution in [2.45, 2.75) is 25.8 Å². The van der Waals surface area contributed by atoms with Crippen molar-refractivity contribution in [2.24, 2.45) is 16.9 Å². The Hall–Kier alpha value is -3.99. The molecule has 0 aromatic carbocycles. The van der Waals surface area contributed by atoms with Gasteiger partial charge in [-0.05, 0) is 43.5 Å². The summed E-state index contributed by atoms with van der Waals surface area (Å²) in [5.41, 5.74) is 1.82. The Kier molecular flexibility index (Phi) is 8.06. The third kappa shape index (κ3) is 6.72. The van der Waals surface area contributed by atoms with E-state index in [9.17, 15) is 14.4 Å². The van der Waals surface area contributed by atoms with Gasteiger partial charge in [-0.15, -0.1) is 6.58 Å². The van der Waals surface area contributed by atoms with Gasteiger partial charge in [0.05, 0.1) is 6.04 Å². The van der Waals surface area contributed by atoms with Crippen molar-refractivity contribution in [2.75, 3.05) is 51.1 Å². The molecule has 5 rings (SSSR count). The molecule has 1 aromatic rings. The second-order valence-corrected chi connectivity index (χ2v) is 10.4. The summed E-state index contributed by atoms with van der Waals surface area (Å²) in [4.78, 5) is 46.2. The third-order valence-corrected chi connectivity index (χ3v) is 7.29. The number of hydrogen-bond acceptors (Lipinski definition) is 8. The van der Waals surface area contributed by atoms with Crippen LogP contribution in [0.15, 0.2) is 59.5 Å². The van der Waals surface area contributed by atoms with Gasteiger partial charge in [0.15, 0.2) is 0 Å². The van der Waals surface area contributed by atoms with Crippen molar-refractivity contribution < 1.29 is 14.4 Å². The molecule has 4 aliphatic rings. The zero-order valence-electron chi connectivity index (χ0n) is 22.3. The molecule has 1 unspecified atom stereocenters. The first-order valence-electron chi connectivity index (χ1n) is 13.5. The second kappa shape index (κ2) is 11.8. The molecular weight excluding hydrogens is 496 g/mol. The van der Waals surface area contributed by atoms with E-state index in [1.807, 2.05) is 36.2 Å². The monoisotopic (exact) mass is 532 g/mol. The molecule has 1 atom stereocenters. The van der Waals surface area contributed by atoms with Crippen LogP contribution in [0.2, 0.25) is 0 Å². The molecule has 0 spiro atoms. The van der Waals surface area contributed by atoms with Gasteiger partial charge >= 0.3 is 0 Å². The summed E-state index contributed by atoms with van der Waals surface area (Å²) in [5.74, 6) is 0.610. The fraction of sp³-hybridized carbons (Fsp3) is 0.464. The van der Waals surface area contributed by atoms with E-state index >= 15 is 0 Å². The number of hydrogen-bond donors (Lipinski definition) is 3. The van der Waals surface area contributed by atoms with Crippen molar-refractivity contribution in [3.05, 3.63) is 60.1 Å². The van der Waals surface area contributed by atoms with Crippen molar-refractivity contribution in [3.63, 3.8) is 0 Å². The molecule has 39 heavy (non-hydrogen) atoms. The van der Waals surface area contributed by atoms with Crippen molar-refractivity contribution in [1.29, 1.82) is 0 Å². The topological polar surface area (TPSA) is 122 Å². The molecule has 3 amide bonds. The lowest BCUT2D eigenvalue weighted by atomic mass is 9.99. The van der Waals surface area contributed by atoms with E-state index in [0.717, 1.165) is 31.5 Å². The zero-order valence-corrected chi connectivity index (χ0v) is 22.3. The van der Waals surface area contributed by atoms with Gasteiger partial charge in [-0.3, -0.25) is 19.4 Å². The number of piperazine rings is 1. The van der Waals surface area contributed by atoms with Crippen LogP contribution in [0.4, 0.5) is 5.82 Å². The lowest BCUT2D eigenvalue weighted by molar-refractivity contribution is -0.140. The predicted molar refractivity (Wildman–Crippen MR) is 149 cm³/mol. The summed E-state index contributed by atoms with van der Waals surface area (Å²) in [6.07, 6.45) is 9.15. The number of nitrogens with one attached hydrogen (secondary N) is 3. The SMILES string of the molecule is C=CC1C=NN(CC(=O)N2CCN(C(=O)C3CC3)CC2)C=C1/C=C(\C)NC(=O)c1cccc(NC2CNC2)n1. The van der Waals surface area contributed by atoms with E-state index in [0.29, 0.717) is 49.4 Å². The number of anilines is 1. The molecule has 1 aliphatic carbocycles. The molecule has 1 saturated carbocycles. The number of aromatic nitrogens is 1. The molecule has 11 heteroatoms. The van der Waals surface area contributed by atoms with Crippen LogP contribution >= 0.6 is 0 Å². The zero-order chi connectivity index (χ0) is 27.4. The summed E-state index contributed by atoms with van der Waals surface area (Å²) < 4.78 is 0. The van der Waals surface area contributed by atoms with E-state index in [4.69, 9.17) is 0 Å². The summed E-state index contributed by atoms with van der Waals surface area (Å²) in [5, 5.41) is 15.4. The van der Waals surface area contributed by atoms with Gasteiger partial charge in [-0.1, -0.05) is 12.1 Å². The van der Waals surface area contributed by atoms with Gasteiger partial charge in [0.25, 0.3) is 5.91 Å². The van der Waals surface area contributed by atoms with Gasteiger partial charge in [0.1, 0.15) is 18.1 Å². The van der Waals surface area contributed by atoms with E-state index in [1.54, 1.807) is 28.3 Å². The Morgan fingerprint density at radius 1 is 1.13 bits per heavy atom. The fourth-order valence-corrected chi connectivity index (χ4v) is 4.73. The summed E-state index contributed by atoms with van der Waals surface area (Å²) in [6, 6.07) is 5.66. The predicted octanol–water partition coefficient (Wildman–Crippen LogP) is 1.17. The van der Waals surface area contributed by atoms with Crippen LogP contribution in [-0.2, 0) is 9.59 Å². The molecule has 11 nitrogen and oxygen atoms in total. The highest BCUT2D eigenvalue weighted by Crippen LogP contribution is 2.31. The third-order valence-electron chi connectivity index (χ3n) is 7.29. The molecule has 3 N–H and O–H groups in total. The molecule has 1 aromatic heterocycles. The Morgan fingerprint density at radius 3 is 2.54 bits per heavy atom. The number of carbonyl (C=O) groups excluding carboxylic acids is 3. The largest absolute Gasteiger partial charge is 0.365 e. The van der Waals surface area contributed by atoms with Gasteiger partial charge in [0.2, 0.25) is 11.8 Å². The van der Waals surface area contributed by atoms with Crippen LogP contribution < -0.4 is 16.0 Å². The first-order valence-corrected chi connectivity index (χ1v) is 13.5. The number of rotatable bonds is 9. The van der Waals surface area contributed by atoms with Crippen LogP contribution in [0.1, 0.15) is 30.3 Å². The molecule has 206 valence electrons. The molecule has 0 radical (unpaired) electrons. The van der Waals surface area contributed by atoms with Crippen molar-refractivity contribution >= 4 is 29.8 Å².